The molecule has 0 saturated carbocycles. The third kappa shape index (κ3) is 2.30. The minimum Gasteiger partial charge on any atom is -0.359 e. The van der Waals surface area contributed by atoms with Crippen molar-refractivity contribution in [2.45, 2.75) is 44.0 Å². The first-order valence-electron chi connectivity index (χ1n) is 5.88. The van der Waals surface area contributed by atoms with Crippen molar-refractivity contribution in [1.29, 1.82) is 0 Å². The lowest BCUT2D eigenvalue weighted by atomic mass is 9.91. The van der Waals surface area contributed by atoms with Crippen molar-refractivity contribution in [2.24, 2.45) is 0 Å². The van der Waals surface area contributed by atoms with Gasteiger partial charge in [0, 0.05) is 24.3 Å². The van der Waals surface area contributed by atoms with Crippen molar-refractivity contribution in [1.82, 2.24) is 10.2 Å². The van der Waals surface area contributed by atoms with Crippen LogP contribution in [-0.4, -0.2) is 40.6 Å². The Labute approximate surface area is 103 Å². The summed E-state index contributed by atoms with van der Waals surface area (Å²) in [4.78, 5) is 2.44. The Hall–Kier alpha value is -0.0300. The van der Waals surface area contributed by atoms with Gasteiger partial charge in [-0.05, 0) is 20.8 Å². The number of hydrogen-bond donors (Lipinski definition) is 1. The summed E-state index contributed by atoms with van der Waals surface area (Å²) in [7, 11) is 0. The first-order chi connectivity index (χ1) is 7.47. The first kappa shape index (κ1) is 12.4. The van der Waals surface area contributed by atoms with Crippen molar-refractivity contribution in [3.63, 3.8) is 0 Å². The first-order valence-corrected chi connectivity index (χ1v) is 6.93. The van der Waals surface area contributed by atoms with Crippen LogP contribution in [0.2, 0.25) is 0 Å². The molecular formula is C12H22N2OS. The zero-order valence-corrected chi connectivity index (χ0v) is 11.3. The Bertz CT molecular complexity index is 282. The average Bonchev–Trinajstić information content (AvgIpc) is 2.53. The highest BCUT2D eigenvalue weighted by Gasteiger charge is 2.50. The molecule has 3 nitrogen and oxygen atoms in total. The summed E-state index contributed by atoms with van der Waals surface area (Å²) in [6.07, 6.45) is 2.99. The Kier molecular flexibility index (Phi) is 3.36. The molecule has 2 heterocycles. The Morgan fingerprint density at radius 3 is 3.00 bits per heavy atom. The molecule has 16 heavy (non-hydrogen) atoms. The topological polar surface area (TPSA) is 24.5 Å². The lowest BCUT2D eigenvalue weighted by molar-refractivity contribution is -0.121. The molecule has 1 N–H and O–H groups in total. The fourth-order valence-corrected chi connectivity index (χ4v) is 4.00. The van der Waals surface area contributed by atoms with Crippen LogP contribution in [0.15, 0.2) is 12.7 Å². The summed E-state index contributed by atoms with van der Waals surface area (Å²) in [5, 5.41) is 3.69. The summed E-state index contributed by atoms with van der Waals surface area (Å²) in [6.45, 7) is 12.4. The lowest BCUT2D eigenvalue weighted by Crippen LogP contribution is -2.66. The summed E-state index contributed by atoms with van der Waals surface area (Å²) in [5.41, 5.74) is 0.386. The summed E-state index contributed by atoms with van der Waals surface area (Å²) >= 11 is 1.89. The molecule has 2 rings (SSSR count). The van der Waals surface area contributed by atoms with Gasteiger partial charge in [0.25, 0.3) is 0 Å². The van der Waals surface area contributed by atoms with E-state index >= 15 is 0 Å². The largest absolute Gasteiger partial charge is 0.359 e. The van der Waals surface area contributed by atoms with E-state index in [1.165, 1.54) is 0 Å². The van der Waals surface area contributed by atoms with E-state index in [1.807, 2.05) is 17.8 Å². The maximum atomic E-state index is 5.94. The van der Waals surface area contributed by atoms with E-state index in [9.17, 15) is 0 Å². The molecule has 0 bridgehead atoms. The van der Waals surface area contributed by atoms with E-state index in [1.54, 1.807) is 0 Å². The highest BCUT2D eigenvalue weighted by molar-refractivity contribution is 7.99. The number of hydrogen-bond acceptors (Lipinski definition) is 4. The second kappa shape index (κ2) is 4.33. The van der Waals surface area contributed by atoms with Gasteiger partial charge in [0.15, 0.2) is 0 Å². The molecule has 0 aromatic heterocycles. The van der Waals surface area contributed by atoms with Gasteiger partial charge in [-0.25, -0.2) is 4.90 Å². The summed E-state index contributed by atoms with van der Waals surface area (Å²) in [6, 6.07) is 0. The number of rotatable bonds is 3. The molecule has 0 unspecified atom stereocenters. The lowest BCUT2D eigenvalue weighted by Gasteiger charge is -2.50. The zero-order valence-electron chi connectivity index (χ0n) is 10.5. The van der Waals surface area contributed by atoms with Crippen LogP contribution in [0.1, 0.15) is 27.2 Å². The molecule has 2 aliphatic rings. The average molecular weight is 242 g/mol. The fraction of sp³-hybridized carbons (Fsp3) is 0.833. The molecule has 2 saturated heterocycles. The molecule has 2 fully saturated rings. The molecule has 0 aliphatic carbocycles. The highest BCUT2D eigenvalue weighted by Crippen LogP contribution is 2.39. The monoisotopic (exact) mass is 242 g/mol. The number of nitrogens with zero attached hydrogens (tertiary/aromatic N) is 1. The normalized spacial score (nSPS) is 38.3. The molecule has 2 atom stereocenters. The molecule has 0 aromatic carbocycles. The van der Waals surface area contributed by atoms with Gasteiger partial charge in [0.2, 0.25) is 0 Å². The molecule has 0 radical (unpaired) electrons. The molecular weight excluding hydrogens is 220 g/mol. The molecule has 0 amide bonds. The maximum absolute atomic E-state index is 5.94. The fourth-order valence-electron chi connectivity index (χ4n) is 2.78. The van der Waals surface area contributed by atoms with Gasteiger partial charge in [-0.2, -0.15) is 0 Å². The standard InChI is InChI=1S/C12H22N2OS/c1-5-8-16-10-13-11(2,3)9-12(4)14(10)6-7-15-12/h5,10,13H,1,6-9H2,2-4H3/t10-,12-/m1/s1. The van der Waals surface area contributed by atoms with Gasteiger partial charge in [-0.1, -0.05) is 6.08 Å². The van der Waals surface area contributed by atoms with Crippen molar-refractivity contribution in [3.8, 4) is 0 Å². The molecule has 0 aromatic rings. The van der Waals surface area contributed by atoms with Gasteiger partial charge in [0.1, 0.15) is 11.2 Å². The SMILES string of the molecule is C=CCS[C@@H]1NC(C)(C)C[C@@]2(C)OCCN12. The van der Waals surface area contributed by atoms with E-state index < -0.39 is 0 Å². The quantitative estimate of drug-likeness (QED) is 0.765. The van der Waals surface area contributed by atoms with Crippen LogP contribution < -0.4 is 5.32 Å². The van der Waals surface area contributed by atoms with Crippen LogP contribution in [0, 0.1) is 0 Å². The molecule has 0 spiro atoms. The third-order valence-corrected chi connectivity index (χ3v) is 4.41. The molecule has 2 aliphatic heterocycles. The molecule has 92 valence electrons. The highest BCUT2D eigenvalue weighted by atomic mass is 32.2. The van der Waals surface area contributed by atoms with E-state index in [2.05, 4.69) is 37.6 Å². The van der Waals surface area contributed by atoms with E-state index in [0.29, 0.717) is 5.50 Å². The van der Waals surface area contributed by atoms with Gasteiger partial charge in [-0.15, -0.1) is 18.3 Å². The third-order valence-electron chi connectivity index (χ3n) is 3.29. The number of ether oxygens (including phenoxy) is 1. The maximum Gasteiger partial charge on any atom is 0.122 e. The van der Waals surface area contributed by atoms with Gasteiger partial charge >= 0.3 is 0 Å². The van der Waals surface area contributed by atoms with Crippen LogP contribution in [0.5, 0.6) is 0 Å². The van der Waals surface area contributed by atoms with Gasteiger partial charge in [-0.3, -0.25) is 5.32 Å². The second-order valence-corrected chi connectivity index (χ2v) is 6.51. The van der Waals surface area contributed by atoms with E-state index in [-0.39, 0.29) is 11.3 Å². The minimum absolute atomic E-state index is 0.0897. The number of thioether (sulfide) groups is 1. The smallest absolute Gasteiger partial charge is 0.122 e. The van der Waals surface area contributed by atoms with Crippen LogP contribution >= 0.6 is 11.8 Å². The van der Waals surface area contributed by atoms with Crippen LogP contribution in [-0.2, 0) is 4.74 Å². The Morgan fingerprint density at radius 1 is 1.56 bits per heavy atom. The van der Waals surface area contributed by atoms with Crippen molar-refractivity contribution < 1.29 is 4.74 Å². The Balaban J connectivity index is 2.13. The van der Waals surface area contributed by atoms with Crippen LogP contribution in [0.3, 0.4) is 0 Å². The van der Waals surface area contributed by atoms with Crippen LogP contribution in [0.4, 0.5) is 0 Å². The summed E-state index contributed by atoms with van der Waals surface area (Å²) < 4.78 is 5.94. The van der Waals surface area contributed by atoms with Crippen molar-refractivity contribution in [2.75, 3.05) is 18.9 Å². The second-order valence-electron chi connectivity index (χ2n) is 5.40. The van der Waals surface area contributed by atoms with Gasteiger partial charge < -0.3 is 4.74 Å². The van der Waals surface area contributed by atoms with Gasteiger partial charge in [0.05, 0.1) is 6.61 Å². The van der Waals surface area contributed by atoms with Crippen LogP contribution in [0.25, 0.3) is 0 Å². The minimum atomic E-state index is -0.0897. The predicted molar refractivity (Wildman–Crippen MR) is 69.3 cm³/mol. The van der Waals surface area contributed by atoms with Crippen molar-refractivity contribution >= 4 is 11.8 Å². The molecule has 4 heteroatoms. The predicted octanol–water partition coefficient (Wildman–Crippen LogP) is 2.01. The Morgan fingerprint density at radius 2 is 2.31 bits per heavy atom. The van der Waals surface area contributed by atoms with Crippen molar-refractivity contribution in [3.05, 3.63) is 12.7 Å². The number of fused-ring (bicyclic) bond motifs is 1. The summed E-state index contributed by atoms with van der Waals surface area (Å²) in [5.74, 6) is 0.973. The van der Waals surface area contributed by atoms with E-state index in [4.69, 9.17) is 4.74 Å². The zero-order chi connectivity index (χ0) is 11.8. The number of nitrogens with one attached hydrogen (secondary N) is 1. The van der Waals surface area contributed by atoms with E-state index in [0.717, 1.165) is 25.3 Å².